The zero-order valence-corrected chi connectivity index (χ0v) is 5.29. The molecule has 0 unspecified atom stereocenters. The molecule has 0 saturated heterocycles. The van der Waals surface area contributed by atoms with Crippen molar-refractivity contribution in [3.63, 3.8) is 0 Å². The molecule has 0 radical (unpaired) electrons. The van der Waals surface area contributed by atoms with Gasteiger partial charge < -0.3 is 5.32 Å². The molecular formula is C3H3Cl2NO2. The second-order valence-corrected chi connectivity index (χ2v) is 1.75. The van der Waals surface area contributed by atoms with E-state index < -0.39 is 10.6 Å². The lowest BCUT2D eigenvalue weighted by Crippen LogP contribution is -2.21. The minimum absolute atomic E-state index is 0.218. The number of hydrogen-bond acceptors (Lipinski definition) is 2. The summed E-state index contributed by atoms with van der Waals surface area (Å²) in [5.41, 5.74) is 0. The van der Waals surface area contributed by atoms with Gasteiger partial charge in [0.25, 0.3) is 0 Å². The molecule has 0 rings (SSSR count). The monoisotopic (exact) mass is 155 g/mol. The Morgan fingerprint density at radius 3 is 2.00 bits per heavy atom. The summed E-state index contributed by atoms with van der Waals surface area (Å²) in [6.45, 7) is -0.218. The summed E-state index contributed by atoms with van der Waals surface area (Å²) >= 11 is 9.57. The van der Waals surface area contributed by atoms with Gasteiger partial charge in [-0.1, -0.05) is 0 Å². The maximum Gasteiger partial charge on any atom is 0.314 e. The predicted octanol–water partition coefficient (Wildman–Crippen LogP) is 0.700. The molecule has 0 fully saturated rings. The van der Waals surface area contributed by atoms with E-state index in [1.807, 2.05) is 5.32 Å². The molecule has 0 aliphatic heterocycles. The molecule has 46 valence electrons. The summed E-state index contributed by atoms with van der Waals surface area (Å²) in [7, 11) is 0. The fourth-order valence-electron chi connectivity index (χ4n) is 0.139. The number of rotatable bonds is 2. The highest BCUT2D eigenvalue weighted by Crippen LogP contribution is 1.79. The fraction of sp³-hybridized carbons (Fsp3) is 0.333. The topological polar surface area (TPSA) is 46.2 Å². The third-order valence-electron chi connectivity index (χ3n) is 0.366. The van der Waals surface area contributed by atoms with Gasteiger partial charge in [-0.15, -0.1) is 0 Å². The quantitative estimate of drug-likeness (QED) is 0.472. The van der Waals surface area contributed by atoms with Crippen LogP contribution in [0.2, 0.25) is 0 Å². The lowest BCUT2D eigenvalue weighted by molar-refractivity contribution is -0.110. The van der Waals surface area contributed by atoms with Gasteiger partial charge in [-0.05, 0) is 23.2 Å². The standard InChI is InChI=1S/C3H3Cl2NO2/c4-2(7)1-6-3(5)8/h1H2,(H,6,8). The van der Waals surface area contributed by atoms with Crippen molar-refractivity contribution in [1.82, 2.24) is 5.32 Å². The average molecular weight is 156 g/mol. The third-order valence-corrected chi connectivity index (χ3v) is 0.634. The highest BCUT2D eigenvalue weighted by atomic mass is 35.5. The molecule has 0 spiro atoms. The minimum atomic E-state index is -0.779. The zero-order chi connectivity index (χ0) is 6.57. The van der Waals surface area contributed by atoms with Crippen LogP contribution in [0.15, 0.2) is 0 Å². The van der Waals surface area contributed by atoms with Crippen molar-refractivity contribution in [1.29, 1.82) is 0 Å². The Labute approximate surface area is 55.9 Å². The maximum atomic E-state index is 9.84. The van der Waals surface area contributed by atoms with E-state index in [0.29, 0.717) is 0 Å². The van der Waals surface area contributed by atoms with Crippen LogP contribution in [-0.2, 0) is 4.79 Å². The number of carbonyl (C=O) groups is 2. The second-order valence-electron chi connectivity index (χ2n) is 0.982. The lowest BCUT2D eigenvalue weighted by Gasteiger charge is -1.89. The average Bonchev–Trinajstić information content (AvgIpc) is 1.61. The van der Waals surface area contributed by atoms with E-state index in [1.165, 1.54) is 0 Å². The van der Waals surface area contributed by atoms with E-state index in [9.17, 15) is 9.59 Å². The van der Waals surface area contributed by atoms with E-state index >= 15 is 0 Å². The van der Waals surface area contributed by atoms with Crippen LogP contribution >= 0.6 is 23.2 Å². The van der Waals surface area contributed by atoms with Gasteiger partial charge >= 0.3 is 5.37 Å². The van der Waals surface area contributed by atoms with Crippen LogP contribution in [0.3, 0.4) is 0 Å². The van der Waals surface area contributed by atoms with Crippen molar-refractivity contribution >= 4 is 33.8 Å². The first-order valence-corrected chi connectivity index (χ1v) is 2.50. The van der Waals surface area contributed by atoms with Gasteiger partial charge in [0.1, 0.15) is 0 Å². The Kier molecular flexibility index (Phi) is 3.56. The van der Waals surface area contributed by atoms with Gasteiger partial charge in [0.05, 0.1) is 6.54 Å². The maximum absolute atomic E-state index is 9.84. The first-order valence-electron chi connectivity index (χ1n) is 1.74. The lowest BCUT2D eigenvalue weighted by atomic mass is 10.7. The summed E-state index contributed by atoms with van der Waals surface area (Å²) in [5, 5.41) is 0.571. The van der Waals surface area contributed by atoms with E-state index in [1.54, 1.807) is 0 Å². The molecule has 0 aliphatic carbocycles. The van der Waals surface area contributed by atoms with Crippen molar-refractivity contribution in [2.24, 2.45) is 0 Å². The normalized spacial score (nSPS) is 8.25. The van der Waals surface area contributed by atoms with Crippen LogP contribution < -0.4 is 5.32 Å². The molecule has 0 aliphatic rings. The predicted molar refractivity (Wildman–Crippen MR) is 30.1 cm³/mol. The molecule has 3 nitrogen and oxygen atoms in total. The van der Waals surface area contributed by atoms with Gasteiger partial charge in [-0.25, -0.2) is 0 Å². The van der Waals surface area contributed by atoms with E-state index in [4.69, 9.17) is 23.2 Å². The van der Waals surface area contributed by atoms with Crippen LogP contribution in [-0.4, -0.2) is 17.2 Å². The van der Waals surface area contributed by atoms with Gasteiger partial charge in [0.2, 0.25) is 5.24 Å². The largest absolute Gasteiger partial charge is 0.334 e. The Morgan fingerprint density at radius 1 is 1.38 bits per heavy atom. The van der Waals surface area contributed by atoms with Crippen LogP contribution in [0, 0.1) is 0 Å². The molecular weight excluding hydrogens is 153 g/mol. The minimum Gasteiger partial charge on any atom is -0.334 e. The number of halogens is 2. The summed E-state index contributed by atoms with van der Waals surface area (Å²) in [4.78, 5) is 19.6. The Morgan fingerprint density at radius 2 is 1.88 bits per heavy atom. The summed E-state index contributed by atoms with van der Waals surface area (Å²) < 4.78 is 0. The first kappa shape index (κ1) is 7.72. The highest BCUT2D eigenvalue weighted by Gasteiger charge is 1.96. The van der Waals surface area contributed by atoms with Crippen molar-refractivity contribution in [2.45, 2.75) is 0 Å². The van der Waals surface area contributed by atoms with Gasteiger partial charge in [-0.3, -0.25) is 9.59 Å². The number of hydrogen-bond donors (Lipinski definition) is 1. The first-order chi connectivity index (χ1) is 3.63. The molecule has 1 N–H and O–H groups in total. The summed E-state index contributed by atoms with van der Waals surface area (Å²) in [5.74, 6) is 0. The van der Waals surface area contributed by atoms with Crippen LogP contribution in [0.1, 0.15) is 0 Å². The summed E-state index contributed by atoms with van der Waals surface area (Å²) in [6.07, 6.45) is 0. The van der Waals surface area contributed by atoms with E-state index in [0.717, 1.165) is 0 Å². The molecule has 0 bridgehead atoms. The fourth-order valence-corrected chi connectivity index (χ4v) is 0.273. The van der Waals surface area contributed by atoms with Crippen molar-refractivity contribution in [3.05, 3.63) is 0 Å². The molecule has 8 heavy (non-hydrogen) atoms. The smallest absolute Gasteiger partial charge is 0.314 e. The van der Waals surface area contributed by atoms with E-state index in [-0.39, 0.29) is 6.54 Å². The SMILES string of the molecule is O=C(Cl)CNC(=O)Cl. The molecule has 0 saturated carbocycles. The molecule has 0 aromatic rings. The van der Waals surface area contributed by atoms with Crippen molar-refractivity contribution < 1.29 is 9.59 Å². The number of amides is 1. The Bertz CT molecular complexity index is 99.9. The molecule has 1 amide bonds. The van der Waals surface area contributed by atoms with Gasteiger partial charge in [-0.2, -0.15) is 0 Å². The molecule has 0 atom stereocenters. The molecule has 0 aromatic carbocycles. The van der Waals surface area contributed by atoms with Crippen molar-refractivity contribution in [3.8, 4) is 0 Å². The van der Waals surface area contributed by atoms with Crippen LogP contribution in [0.25, 0.3) is 0 Å². The van der Waals surface area contributed by atoms with Crippen LogP contribution in [0.4, 0.5) is 4.79 Å². The van der Waals surface area contributed by atoms with Gasteiger partial charge in [0, 0.05) is 0 Å². The molecule has 0 heterocycles. The van der Waals surface area contributed by atoms with Gasteiger partial charge in [0.15, 0.2) is 0 Å². The van der Waals surface area contributed by atoms with E-state index in [2.05, 4.69) is 0 Å². The molecule has 5 heteroatoms. The van der Waals surface area contributed by atoms with Crippen molar-refractivity contribution in [2.75, 3.05) is 6.54 Å². The molecule has 0 aromatic heterocycles. The number of carbonyl (C=O) groups excluding carboxylic acids is 2. The third kappa shape index (κ3) is 5.72. The number of nitrogens with one attached hydrogen (secondary N) is 1. The Balaban J connectivity index is 3.18. The second kappa shape index (κ2) is 3.69. The highest BCUT2D eigenvalue weighted by molar-refractivity contribution is 6.66. The van der Waals surface area contributed by atoms with Crippen LogP contribution in [0.5, 0.6) is 0 Å². The zero-order valence-electron chi connectivity index (χ0n) is 3.78. The Hall–Kier alpha value is -0.280. The summed E-state index contributed by atoms with van der Waals surface area (Å²) in [6, 6.07) is 0.